The molecule has 1 aromatic rings. The molecule has 0 aromatic heterocycles. The number of benzene rings is 1. The molecule has 21 heavy (non-hydrogen) atoms. The maximum absolute atomic E-state index is 5.99. The molecule has 2 aliphatic heterocycles. The monoisotopic (exact) mass is 290 g/mol. The van der Waals surface area contributed by atoms with Crippen LogP contribution >= 0.6 is 0 Å². The lowest BCUT2D eigenvalue weighted by atomic mass is 9.89. The van der Waals surface area contributed by atoms with E-state index in [1.165, 1.54) is 44.5 Å². The van der Waals surface area contributed by atoms with Crippen molar-refractivity contribution in [1.82, 2.24) is 0 Å². The first kappa shape index (κ1) is 15.0. The molecule has 0 spiro atoms. The number of nitrogens with one attached hydrogen (secondary N) is 1. The summed E-state index contributed by atoms with van der Waals surface area (Å²) in [4.78, 5) is 1.71. The van der Waals surface area contributed by atoms with Crippen molar-refractivity contribution < 1.29 is 14.4 Å². The molecule has 1 aromatic carbocycles. The van der Waals surface area contributed by atoms with E-state index in [0.717, 1.165) is 26.2 Å². The van der Waals surface area contributed by atoms with E-state index in [0.29, 0.717) is 12.0 Å². The normalized spacial score (nSPS) is 25.0. The molecule has 0 aliphatic carbocycles. The van der Waals surface area contributed by atoms with Gasteiger partial charge in [-0.25, -0.2) is 0 Å². The topological polar surface area (TPSA) is 22.9 Å². The van der Waals surface area contributed by atoms with Crippen molar-refractivity contribution in [1.29, 1.82) is 0 Å². The molecule has 2 aliphatic rings. The first-order valence-corrected chi connectivity index (χ1v) is 8.48. The van der Waals surface area contributed by atoms with E-state index in [4.69, 9.17) is 9.47 Å². The highest BCUT2D eigenvalue weighted by atomic mass is 16.5. The zero-order valence-corrected chi connectivity index (χ0v) is 12.9. The minimum atomic E-state index is 0.477. The minimum absolute atomic E-state index is 0.477. The van der Waals surface area contributed by atoms with Gasteiger partial charge in [0.1, 0.15) is 13.1 Å². The summed E-state index contributed by atoms with van der Waals surface area (Å²) in [6, 6.07) is 10.9. The number of hydrogen-bond acceptors (Lipinski definition) is 2. The lowest BCUT2D eigenvalue weighted by molar-refractivity contribution is -0.908. The highest BCUT2D eigenvalue weighted by Gasteiger charge is 2.27. The molecular formula is C18H28NO2+. The van der Waals surface area contributed by atoms with Crippen LogP contribution in [0.15, 0.2) is 30.3 Å². The van der Waals surface area contributed by atoms with Crippen LogP contribution in [-0.4, -0.2) is 45.6 Å². The van der Waals surface area contributed by atoms with Gasteiger partial charge in [0.25, 0.3) is 0 Å². The predicted octanol–water partition coefficient (Wildman–Crippen LogP) is 1.33. The fraction of sp³-hybridized carbons (Fsp3) is 0.667. The zero-order chi connectivity index (χ0) is 14.3. The second-order valence-corrected chi connectivity index (χ2v) is 6.40. The summed E-state index contributed by atoms with van der Waals surface area (Å²) in [6.07, 6.45) is 5.39. The maximum Gasteiger partial charge on any atom is 0.101 e. The van der Waals surface area contributed by atoms with Gasteiger partial charge in [-0.2, -0.15) is 0 Å². The highest BCUT2D eigenvalue weighted by Crippen LogP contribution is 2.25. The van der Waals surface area contributed by atoms with Gasteiger partial charge in [-0.05, 0) is 30.7 Å². The van der Waals surface area contributed by atoms with Crippen LogP contribution in [0.1, 0.15) is 24.8 Å². The average molecular weight is 290 g/mol. The third kappa shape index (κ3) is 4.53. The van der Waals surface area contributed by atoms with Gasteiger partial charge in [-0.3, -0.25) is 0 Å². The number of rotatable bonds is 6. The van der Waals surface area contributed by atoms with E-state index in [1.807, 2.05) is 0 Å². The molecule has 3 rings (SSSR count). The van der Waals surface area contributed by atoms with E-state index in [2.05, 4.69) is 30.3 Å². The summed E-state index contributed by atoms with van der Waals surface area (Å²) in [6.45, 7) is 6.42. The fourth-order valence-corrected chi connectivity index (χ4v) is 3.61. The smallest absolute Gasteiger partial charge is 0.101 e. The minimum Gasteiger partial charge on any atom is -0.378 e. The Hall–Kier alpha value is -0.900. The van der Waals surface area contributed by atoms with E-state index >= 15 is 0 Å². The van der Waals surface area contributed by atoms with Crippen molar-refractivity contribution >= 4 is 0 Å². The Labute approximate surface area is 128 Å². The molecule has 0 amide bonds. The summed E-state index contributed by atoms with van der Waals surface area (Å²) in [5, 5.41) is 0. The molecule has 2 saturated heterocycles. The van der Waals surface area contributed by atoms with Gasteiger partial charge in [-0.15, -0.1) is 0 Å². The van der Waals surface area contributed by atoms with E-state index in [9.17, 15) is 0 Å². The standard InChI is InChI=1S/C18H27NO2/c1-2-5-16(6-3-1)15-17(18-7-4-12-21-18)8-9-19-10-13-20-14-11-19/h1-3,5-6,17-18H,4,7-15H2/p+1/t17-,18+/m0/s1. The van der Waals surface area contributed by atoms with Gasteiger partial charge in [0.2, 0.25) is 0 Å². The molecular weight excluding hydrogens is 262 g/mol. The van der Waals surface area contributed by atoms with Crippen molar-refractivity contribution in [2.75, 3.05) is 39.5 Å². The number of hydrogen-bond donors (Lipinski definition) is 1. The molecule has 3 heteroatoms. The van der Waals surface area contributed by atoms with Crippen LogP contribution in [0.4, 0.5) is 0 Å². The largest absolute Gasteiger partial charge is 0.378 e. The van der Waals surface area contributed by atoms with Crippen LogP contribution in [0.3, 0.4) is 0 Å². The van der Waals surface area contributed by atoms with Crippen molar-refractivity contribution in [3.05, 3.63) is 35.9 Å². The first-order chi connectivity index (χ1) is 10.4. The van der Waals surface area contributed by atoms with Crippen LogP contribution in [0.5, 0.6) is 0 Å². The molecule has 2 atom stereocenters. The fourth-order valence-electron chi connectivity index (χ4n) is 3.61. The molecule has 0 bridgehead atoms. The summed E-state index contributed by atoms with van der Waals surface area (Å²) < 4.78 is 11.4. The lowest BCUT2D eigenvalue weighted by Gasteiger charge is -2.28. The van der Waals surface area contributed by atoms with Gasteiger partial charge in [-0.1, -0.05) is 30.3 Å². The van der Waals surface area contributed by atoms with Gasteiger partial charge in [0, 0.05) is 13.0 Å². The summed E-state index contributed by atoms with van der Waals surface area (Å²) in [7, 11) is 0. The Bertz CT molecular complexity index is 397. The number of ether oxygens (including phenoxy) is 2. The van der Waals surface area contributed by atoms with Crippen molar-refractivity contribution in [2.24, 2.45) is 5.92 Å². The Morgan fingerprint density at radius 3 is 2.62 bits per heavy atom. The quantitative estimate of drug-likeness (QED) is 0.854. The second-order valence-electron chi connectivity index (χ2n) is 6.40. The van der Waals surface area contributed by atoms with Crippen molar-refractivity contribution in [3.63, 3.8) is 0 Å². The van der Waals surface area contributed by atoms with Crippen molar-refractivity contribution in [3.8, 4) is 0 Å². The molecule has 0 radical (unpaired) electrons. The van der Waals surface area contributed by atoms with Crippen LogP contribution < -0.4 is 4.90 Å². The molecule has 0 unspecified atom stereocenters. The SMILES string of the molecule is c1ccc(C[C@H](CC[NH+]2CCOCC2)[C@H]2CCCO2)cc1. The highest BCUT2D eigenvalue weighted by molar-refractivity contribution is 5.15. The first-order valence-electron chi connectivity index (χ1n) is 8.48. The van der Waals surface area contributed by atoms with Crippen LogP contribution in [0.2, 0.25) is 0 Å². The molecule has 0 saturated carbocycles. The van der Waals surface area contributed by atoms with Gasteiger partial charge < -0.3 is 14.4 Å². The lowest BCUT2D eigenvalue weighted by Crippen LogP contribution is -3.14. The zero-order valence-electron chi connectivity index (χ0n) is 12.9. The van der Waals surface area contributed by atoms with Gasteiger partial charge in [0.05, 0.1) is 25.9 Å². The van der Waals surface area contributed by atoms with E-state index in [-0.39, 0.29) is 0 Å². The Balaban J connectivity index is 1.56. The maximum atomic E-state index is 5.99. The van der Waals surface area contributed by atoms with Crippen LogP contribution in [0.25, 0.3) is 0 Å². The van der Waals surface area contributed by atoms with E-state index in [1.54, 1.807) is 4.90 Å². The Morgan fingerprint density at radius 1 is 1.10 bits per heavy atom. The molecule has 2 fully saturated rings. The molecule has 2 heterocycles. The van der Waals surface area contributed by atoms with Gasteiger partial charge in [0.15, 0.2) is 0 Å². The Kier molecular flexibility index (Phi) is 5.67. The predicted molar refractivity (Wildman–Crippen MR) is 83.6 cm³/mol. The summed E-state index contributed by atoms with van der Waals surface area (Å²) in [5.74, 6) is 0.672. The second kappa shape index (κ2) is 7.92. The number of quaternary nitrogens is 1. The summed E-state index contributed by atoms with van der Waals surface area (Å²) >= 11 is 0. The molecule has 1 N–H and O–H groups in total. The Morgan fingerprint density at radius 2 is 1.90 bits per heavy atom. The summed E-state index contributed by atoms with van der Waals surface area (Å²) in [5.41, 5.74) is 1.45. The van der Waals surface area contributed by atoms with Crippen LogP contribution in [0, 0.1) is 5.92 Å². The third-order valence-electron chi connectivity index (χ3n) is 4.90. The average Bonchev–Trinajstić information content (AvgIpc) is 3.08. The van der Waals surface area contributed by atoms with E-state index < -0.39 is 0 Å². The third-order valence-corrected chi connectivity index (χ3v) is 4.90. The molecule has 116 valence electrons. The van der Waals surface area contributed by atoms with Crippen molar-refractivity contribution in [2.45, 2.75) is 31.8 Å². The molecule has 3 nitrogen and oxygen atoms in total. The van der Waals surface area contributed by atoms with Gasteiger partial charge >= 0.3 is 0 Å². The number of morpholine rings is 1. The van der Waals surface area contributed by atoms with Crippen LogP contribution in [-0.2, 0) is 15.9 Å².